The minimum absolute atomic E-state index is 0.0326. The van der Waals surface area contributed by atoms with Crippen LogP contribution >= 0.6 is 0 Å². The number of aromatic nitrogens is 3. The number of nitrogens with two attached hydrogens (primary N) is 1. The Labute approximate surface area is 180 Å². The first-order chi connectivity index (χ1) is 14.6. The zero-order chi connectivity index (χ0) is 22.3. The van der Waals surface area contributed by atoms with Crippen LogP contribution in [0.25, 0.3) is 11.0 Å². The molecule has 0 fully saturated rings. The molecule has 0 spiro atoms. The van der Waals surface area contributed by atoms with Crippen LogP contribution in [0.3, 0.4) is 0 Å². The normalized spacial score (nSPS) is 11.6. The molecule has 0 aliphatic carbocycles. The summed E-state index contributed by atoms with van der Waals surface area (Å²) < 4.78 is 29.2. The number of aryl methyl sites for hydroxylation is 4. The molecule has 2 aromatic carbocycles. The predicted molar refractivity (Wildman–Crippen MR) is 120 cm³/mol. The van der Waals surface area contributed by atoms with Crippen LogP contribution < -0.4 is 15.2 Å². The van der Waals surface area contributed by atoms with Gasteiger partial charge >= 0.3 is 0 Å². The maximum Gasteiger partial charge on any atom is 0.248 e. The molecule has 0 radical (unpaired) electrons. The van der Waals surface area contributed by atoms with Gasteiger partial charge in [0.25, 0.3) is 0 Å². The fourth-order valence-corrected chi connectivity index (χ4v) is 4.03. The molecule has 0 unspecified atom stereocenters. The lowest BCUT2D eigenvalue weighted by Gasteiger charge is -2.14. The van der Waals surface area contributed by atoms with Gasteiger partial charge in [-0.15, -0.1) is 0 Å². The van der Waals surface area contributed by atoms with Gasteiger partial charge < -0.3 is 15.0 Å². The third kappa shape index (κ3) is 4.23. The summed E-state index contributed by atoms with van der Waals surface area (Å²) in [4.78, 5) is 12.4. The van der Waals surface area contributed by atoms with Crippen LogP contribution in [-0.2, 0) is 10.0 Å². The number of primary sulfonamides is 1. The molecule has 0 aliphatic rings. The zero-order valence-electron chi connectivity index (χ0n) is 17.6. The Morgan fingerprint density at radius 3 is 2.23 bits per heavy atom. The Morgan fingerprint density at radius 1 is 0.968 bits per heavy atom. The van der Waals surface area contributed by atoms with E-state index in [1.54, 1.807) is 12.1 Å². The monoisotopic (exact) mass is 437 g/mol. The minimum atomic E-state index is -3.76. The van der Waals surface area contributed by atoms with Crippen LogP contribution in [0.2, 0.25) is 0 Å². The summed E-state index contributed by atoms with van der Waals surface area (Å²) in [5.41, 5.74) is 6.20. The van der Waals surface area contributed by atoms with E-state index in [1.165, 1.54) is 12.1 Å². The molecule has 0 saturated heterocycles. The molecule has 2 heterocycles. The number of anilines is 2. The lowest BCUT2D eigenvalue weighted by molar-refractivity contribution is 0.461. The van der Waals surface area contributed by atoms with Crippen molar-refractivity contribution in [3.8, 4) is 11.6 Å². The molecular weight excluding hydrogens is 414 g/mol. The van der Waals surface area contributed by atoms with Crippen LogP contribution in [0.1, 0.15) is 22.3 Å². The maximum atomic E-state index is 11.5. The van der Waals surface area contributed by atoms with Gasteiger partial charge in [0, 0.05) is 11.9 Å². The molecule has 9 heteroatoms. The number of benzene rings is 2. The van der Waals surface area contributed by atoms with Gasteiger partial charge in [0.05, 0.1) is 4.90 Å². The molecule has 0 atom stereocenters. The minimum Gasteiger partial charge on any atom is -0.436 e. The van der Waals surface area contributed by atoms with E-state index in [2.05, 4.69) is 32.4 Å². The van der Waals surface area contributed by atoms with Crippen LogP contribution in [0.15, 0.2) is 47.5 Å². The van der Waals surface area contributed by atoms with Crippen molar-refractivity contribution < 1.29 is 13.2 Å². The van der Waals surface area contributed by atoms with Crippen molar-refractivity contribution in [3.05, 3.63) is 64.8 Å². The highest BCUT2D eigenvalue weighted by Gasteiger charge is 2.16. The van der Waals surface area contributed by atoms with E-state index in [1.807, 2.05) is 33.9 Å². The van der Waals surface area contributed by atoms with Gasteiger partial charge in [-0.1, -0.05) is 17.7 Å². The lowest BCUT2D eigenvalue weighted by Crippen LogP contribution is -2.11. The van der Waals surface area contributed by atoms with E-state index in [4.69, 9.17) is 9.88 Å². The first kappa shape index (κ1) is 20.8. The van der Waals surface area contributed by atoms with Gasteiger partial charge in [-0.05, 0) is 68.7 Å². The Bertz CT molecular complexity index is 1370. The number of fused-ring (bicyclic) bond motifs is 1. The van der Waals surface area contributed by atoms with E-state index < -0.39 is 10.0 Å². The van der Waals surface area contributed by atoms with Crippen molar-refractivity contribution in [1.82, 2.24) is 15.0 Å². The van der Waals surface area contributed by atoms with Crippen molar-refractivity contribution in [3.63, 3.8) is 0 Å². The number of nitrogens with one attached hydrogen (secondary N) is 2. The third-order valence-corrected chi connectivity index (χ3v) is 5.85. The number of aromatic amines is 1. The molecule has 4 N–H and O–H groups in total. The summed E-state index contributed by atoms with van der Waals surface area (Å²) in [7, 11) is -3.76. The highest BCUT2D eigenvalue weighted by Crippen LogP contribution is 2.34. The second-order valence-corrected chi connectivity index (χ2v) is 9.13. The van der Waals surface area contributed by atoms with Crippen molar-refractivity contribution in [2.24, 2.45) is 5.14 Å². The fourth-order valence-electron chi connectivity index (χ4n) is 3.52. The maximum absolute atomic E-state index is 11.5. The molecule has 31 heavy (non-hydrogen) atoms. The van der Waals surface area contributed by atoms with Gasteiger partial charge in [-0.2, -0.15) is 4.98 Å². The second kappa shape index (κ2) is 7.68. The summed E-state index contributed by atoms with van der Waals surface area (Å²) in [5, 5.41) is 8.26. The van der Waals surface area contributed by atoms with E-state index in [9.17, 15) is 8.42 Å². The Hall–Kier alpha value is -3.43. The smallest absolute Gasteiger partial charge is 0.248 e. The summed E-state index contributed by atoms with van der Waals surface area (Å²) >= 11 is 0. The standard InChI is InChI=1S/C22H23N5O3S/c1-12-9-13(2)20(14(3)10-12)30-21-19-18(15(4)11-24-19)26-22(27-21)25-16-5-7-17(8-6-16)31(23,28)29/h5-11,24H,1-4H3,(H2,23,28,29)(H,25,26,27). The van der Waals surface area contributed by atoms with Gasteiger partial charge in [-0.25, -0.2) is 18.5 Å². The summed E-state index contributed by atoms with van der Waals surface area (Å²) in [6, 6.07) is 10.2. The highest BCUT2D eigenvalue weighted by molar-refractivity contribution is 7.89. The quantitative estimate of drug-likeness (QED) is 0.426. The number of ether oxygens (including phenoxy) is 1. The van der Waals surface area contributed by atoms with Crippen LogP contribution in [-0.4, -0.2) is 23.4 Å². The van der Waals surface area contributed by atoms with E-state index >= 15 is 0 Å². The van der Waals surface area contributed by atoms with Gasteiger partial charge in [-0.3, -0.25) is 0 Å². The van der Waals surface area contributed by atoms with E-state index in [-0.39, 0.29) is 4.90 Å². The lowest BCUT2D eigenvalue weighted by atomic mass is 10.1. The molecule has 0 amide bonds. The first-order valence-corrected chi connectivity index (χ1v) is 11.2. The Morgan fingerprint density at radius 2 is 1.61 bits per heavy atom. The average molecular weight is 438 g/mol. The first-order valence-electron chi connectivity index (χ1n) is 9.63. The molecule has 0 aliphatic heterocycles. The van der Waals surface area contributed by atoms with Gasteiger partial charge in [0.1, 0.15) is 16.8 Å². The van der Waals surface area contributed by atoms with Crippen LogP contribution in [0, 0.1) is 27.7 Å². The second-order valence-electron chi connectivity index (χ2n) is 7.57. The molecule has 0 saturated carbocycles. The molecule has 4 aromatic rings. The zero-order valence-corrected chi connectivity index (χ0v) is 18.5. The predicted octanol–water partition coefficient (Wildman–Crippen LogP) is 4.37. The third-order valence-electron chi connectivity index (χ3n) is 4.92. The number of hydrogen-bond acceptors (Lipinski definition) is 6. The molecule has 2 aromatic heterocycles. The van der Waals surface area contributed by atoms with Crippen molar-refractivity contribution in [1.29, 1.82) is 0 Å². The molecular formula is C22H23N5O3S. The Balaban J connectivity index is 1.74. The van der Waals surface area contributed by atoms with Crippen molar-refractivity contribution in [2.45, 2.75) is 32.6 Å². The average Bonchev–Trinajstić information content (AvgIpc) is 3.05. The Kier molecular flexibility index (Phi) is 5.16. The fraction of sp³-hybridized carbons (Fsp3) is 0.182. The summed E-state index contributed by atoms with van der Waals surface area (Å²) in [6.45, 7) is 7.99. The number of hydrogen-bond donors (Lipinski definition) is 3. The number of sulfonamides is 1. The molecule has 160 valence electrons. The van der Waals surface area contributed by atoms with Crippen LogP contribution in [0.4, 0.5) is 11.6 Å². The highest BCUT2D eigenvalue weighted by atomic mass is 32.2. The summed E-state index contributed by atoms with van der Waals surface area (Å²) in [5.74, 6) is 1.48. The molecule has 0 bridgehead atoms. The number of H-pyrrole nitrogens is 1. The summed E-state index contributed by atoms with van der Waals surface area (Å²) in [6.07, 6.45) is 1.85. The van der Waals surface area contributed by atoms with Gasteiger partial charge in [0.2, 0.25) is 21.9 Å². The largest absolute Gasteiger partial charge is 0.436 e. The van der Waals surface area contributed by atoms with E-state index in [0.717, 1.165) is 33.5 Å². The molecule has 8 nitrogen and oxygen atoms in total. The number of nitrogens with zero attached hydrogens (tertiary/aromatic N) is 2. The molecule has 4 rings (SSSR count). The van der Waals surface area contributed by atoms with Gasteiger partial charge in [0.15, 0.2) is 0 Å². The SMILES string of the molecule is Cc1cc(C)c(Oc2nc(Nc3ccc(S(N)(=O)=O)cc3)nc3c(C)c[nH]c23)c(C)c1. The van der Waals surface area contributed by atoms with Crippen LogP contribution in [0.5, 0.6) is 11.6 Å². The topological polar surface area (TPSA) is 123 Å². The van der Waals surface area contributed by atoms with Crippen molar-refractivity contribution >= 4 is 32.7 Å². The van der Waals surface area contributed by atoms with E-state index in [0.29, 0.717) is 23.0 Å². The number of rotatable bonds is 5. The van der Waals surface area contributed by atoms with Crippen molar-refractivity contribution in [2.75, 3.05) is 5.32 Å².